The lowest BCUT2D eigenvalue weighted by Crippen LogP contribution is -2.06. The summed E-state index contributed by atoms with van der Waals surface area (Å²) in [5.74, 6) is 0.963. The first-order valence-electron chi connectivity index (χ1n) is 6.93. The first-order chi connectivity index (χ1) is 9.51. The average molecular weight is 273 g/mol. The number of aryl methyl sites for hydroxylation is 4. The van der Waals surface area contributed by atoms with E-state index in [2.05, 4.69) is 31.1 Å². The Kier molecular flexibility index (Phi) is 4.45. The van der Waals surface area contributed by atoms with Gasteiger partial charge in [-0.1, -0.05) is 12.1 Å². The second-order valence-corrected chi connectivity index (χ2v) is 5.29. The van der Waals surface area contributed by atoms with Crippen LogP contribution in [0.4, 0.5) is 0 Å². The minimum atomic E-state index is 0.537. The lowest BCUT2D eigenvalue weighted by molar-refractivity contribution is 0.291. The molecule has 0 aliphatic rings. The van der Waals surface area contributed by atoms with E-state index in [9.17, 15) is 0 Å². The Morgan fingerprint density at radius 3 is 2.30 bits per heavy atom. The van der Waals surface area contributed by atoms with Gasteiger partial charge in [-0.3, -0.25) is 4.68 Å². The van der Waals surface area contributed by atoms with E-state index in [1.165, 1.54) is 5.56 Å². The monoisotopic (exact) mass is 273 g/mol. The summed E-state index contributed by atoms with van der Waals surface area (Å²) in [5, 5.41) is 4.33. The summed E-state index contributed by atoms with van der Waals surface area (Å²) in [7, 11) is 1.94. The van der Waals surface area contributed by atoms with Gasteiger partial charge in [0, 0.05) is 7.05 Å². The van der Waals surface area contributed by atoms with Gasteiger partial charge in [-0.15, -0.1) is 0 Å². The number of benzene rings is 1. The van der Waals surface area contributed by atoms with Crippen molar-refractivity contribution in [2.75, 3.05) is 6.54 Å². The Balaban J connectivity index is 2.15. The van der Waals surface area contributed by atoms with Gasteiger partial charge in [-0.05, 0) is 56.5 Å². The zero-order valence-electron chi connectivity index (χ0n) is 12.7. The Labute approximate surface area is 120 Å². The minimum Gasteiger partial charge on any atom is -0.487 e. The van der Waals surface area contributed by atoms with E-state index in [4.69, 9.17) is 10.5 Å². The summed E-state index contributed by atoms with van der Waals surface area (Å²) in [6.07, 6.45) is 0.906. The molecule has 0 saturated carbocycles. The smallest absolute Gasteiger partial charge is 0.130 e. The second-order valence-electron chi connectivity index (χ2n) is 5.29. The molecule has 2 N–H and O–H groups in total. The van der Waals surface area contributed by atoms with Crippen molar-refractivity contribution >= 4 is 0 Å². The lowest BCUT2D eigenvalue weighted by Gasteiger charge is -2.14. The molecule has 0 fully saturated rings. The minimum absolute atomic E-state index is 0.537. The van der Waals surface area contributed by atoms with E-state index in [1.54, 1.807) is 0 Å². The molecule has 0 saturated heterocycles. The fourth-order valence-corrected chi connectivity index (χ4v) is 2.52. The molecule has 0 bridgehead atoms. The van der Waals surface area contributed by atoms with Crippen LogP contribution in [0.15, 0.2) is 18.2 Å². The fourth-order valence-electron chi connectivity index (χ4n) is 2.52. The molecule has 4 heteroatoms. The molecule has 0 spiro atoms. The van der Waals surface area contributed by atoms with Crippen molar-refractivity contribution in [1.29, 1.82) is 0 Å². The molecule has 1 heterocycles. The highest BCUT2D eigenvalue weighted by molar-refractivity contribution is 5.43. The summed E-state index contributed by atoms with van der Waals surface area (Å²) >= 11 is 0. The van der Waals surface area contributed by atoms with Crippen molar-refractivity contribution in [3.63, 3.8) is 0 Å². The van der Waals surface area contributed by atoms with Crippen molar-refractivity contribution in [1.82, 2.24) is 9.78 Å². The average Bonchev–Trinajstić information content (AvgIpc) is 2.67. The first-order valence-corrected chi connectivity index (χ1v) is 6.93. The number of nitrogens with zero attached hydrogens (tertiary/aromatic N) is 2. The van der Waals surface area contributed by atoms with Crippen LogP contribution in [-0.2, 0) is 20.1 Å². The SMILES string of the molecule is Cc1cc(COc2c(C)cc(CCN)cc2C)n(C)n1. The highest BCUT2D eigenvalue weighted by Gasteiger charge is 2.08. The van der Waals surface area contributed by atoms with Gasteiger partial charge in [0.1, 0.15) is 12.4 Å². The zero-order chi connectivity index (χ0) is 14.7. The molecule has 0 aliphatic heterocycles. The largest absolute Gasteiger partial charge is 0.487 e. The molecule has 2 aromatic rings. The lowest BCUT2D eigenvalue weighted by atomic mass is 10.0. The summed E-state index contributed by atoms with van der Waals surface area (Å²) in [5.41, 5.74) is 11.3. The number of hydrogen-bond acceptors (Lipinski definition) is 3. The molecule has 0 atom stereocenters. The summed E-state index contributed by atoms with van der Waals surface area (Å²) in [4.78, 5) is 0. The van der Waals surface area contributed by atoms with Crippen LogP contribution < -0.4 is 10.5 Å². The molecule has 1 aromatic heterocycles. The van der Waals surface area contributed by atoms with Gasteiger partial charge in [0.05, 0.1) is 11.4 Å². The van der Waals surface area contributed by atoms with Crippen molar-refractivity contribution in [2.24, 2.45) is 12.8 Å². The molecule has 4 nitrogen and oxygen atoms in total. The van der Waals surface area contributed by atoms with Crippen molar-refractivity contribution in [2.45, 2.75) is 33.8 Å². The molecular weight excluding hydrogens is 250 g/mol. The summed E-state index contributed by atoms with van der Waals surface area (Å²) in [6, 6.07) is 6.36. The van der Waals surface area contributed by atoms with Gasteiger partial charge in [-0.2, -0.15) is 5.10 Å². The van der Waals surface area contributed by atoms with Crippen LogP contribution in [0.25, 0.3) is 0 Å². The number of rotatable bonds is 5. The molecule has 0 radical (unpaired) electrons. The Morgan fingerprint density at radius 2 is 1.80 bits per heavy atom. The van der Waals surface area contributed by atoms with E-state index in [1.807, 2.05) is 24.7 Å². The van der Waals surface area contributed by atoms with Crippen LogP contribution >= 0.6 is 0 Å². The van der Waals surface area contributed by atoms with Gasteiger partial charge in [-0.25, -0.2) is 0 Å². The second kappa shape index (κ2) is 6.09. The van der Waals surface area contributed by atoms with Gasteiger partial charge in [0.15, 0.2) is 0 Å². The van der Waals surface area contributed by atoms with Gasteiger partial charge >= 0.3 is 0 Å². The first kappa shape index (κ1) is 14.6. The number of aromatic nitrogens is 2. The number of ether oxygens (including phenoxy) is 1. The third-order valence-corrected chi connectivity index (χ3v) is 3.42. The van der Waals surface area contributed by atoms with E-state index < -0.39 is 0 Å². The molecule has 1 aromatic carbocycles. The fraction of sp³-hybridized carbons (Fsp3) is 0.438. The predicted molar refractivity (Wildman–Crippen MR) is 81.0 cm³/mol. The molecule has 20 heavy (non-hydrogen) atoms. The van der Waals surface area contributed by atoms with Crippen molar-refractivity contribution < 1.29 is 4.74 Å². The third kappa shape index (κ3) is 3.20. The maximum atomic E-state index is 5.99. The Morgan fingerprint density at radius 1 is 1.15 bits per heavy atom. The van der Waals surface area contributed by atoms with E-state index in [-0.39, 0.29) is 0 Å². The number of hydrogen-bond donors (Lipinski definition) is 1. The molecule has 0 amide bonds. The quantitative estimate of drug-likeness (QED) is 0.910. The third-order valence-electron chi connectivity index (χ3n) is 3.42. The van der Waals surface area contributed by atoms with Crippen molar-refractivity contribution in [3.05, 3.63) is 46.3 Å². The highest BCUT2D eigenvalue weighted by atomic mass is 16.5. The standard InChI is InChI=1S/C16H23N3O/c1-11-7-14(5-6-17)8-12(2)16(11)20-10-15-9-13(3)18-19(15)4/h7-9H,5-6,10,17H2,1-4H3. The maximum Gasteiger partial charge on any atom is 0.130 e. The van der Waals surface area contributed by atoms with Crippen LogP contribution in [0.3, 0.4) is 0 Å². The van der Waals surface area contributed by atoms with E-state index in [0.717, 1.165) is 34.7 Å². The number of nitrogens with two attached hydrogens (primary N) is 1. The Hall–Kier alpha value is -1.81. The molecule has 0 aliphatic carbocycles. The van der Waals surface area contributed by atoms with Crippen molar-refractivity contribution in [3.8, 4) is 5.75 Å². The Bertz CT molecular complexity index is 579. The van der Waals surface area contributed by atoms with Crippen LogP contribution in [0.1, 0.15) is 28.1 Å². The van der Waals surface area contributed by atoms with Crippen LogP contribution in [0.2, 0.25) is 0 Å². The highest BCUT2D eigenvalue weighted by Crippen LogP contribution is 2.26. The molecule has 108 valence electrons. The normalized spacial score (nSPS) is 10.8. The van der Waals surface area contributed by atoms with Crippen LogP contribution in [-0.4, -0.2) is 16.3 Å². The maximum absolute atomic E-state index is 5.99. The topological polar surface area (TPSA) is 53.1 Å². The van der Waals surface area contributed by atoms with Gasteiger partial charge in [0.2, 0.25) is 0 Å². The zero-order valence-corrected chi connectivity index (χ0v) is 12.7. The van der Waals surface area contributed by atoms with Crippen LogP contribution in [0, 0.1) is 20.8 Å². The van der Waals surface area contributed by atoms with Gasteiger partial charge in [0.25, 0.3) is 0 Å². The van der Waals surface area contributed by atoms with E-state index in [0.29, 0.717) is 13.2 Å². The van der Waals surface area contributed by atoms with E-state index >= 15 is 0 Å². The van der Waals surface area contributed by atoms with Crippen LogP contribution in [0.5, 0.6) is 5.75 Å². The molecule has 0 unspecified atom stereocenters. The molecule has 2 rings (SSSR count). The summed E-state index contributed by atoms with van der Waals surface area (Å²) in [6.45, 7) is 7.36. The summed E-state index contributed by atoms with van der Waals surface area (Å²) < 4.78 is 7.85. The predicted octanol–water partition coefficient (Wildman–Crippen LogP) is 2.43. The van der Waals surface area contributed by atoms with Gasteiger partial charge < -0.3 is 10.5 Å². The molecular formula is C16H23N3O.